The molecule has 0 saturated carbocycles. The average molecular weight is 215 g/mol. The van der Waals surface area contributed by atoms with Crippen LogP contribution in [0.3, 0.4) is 0 Å². The Morgan fingerprint density at radius 2 is 1.94 bits per heavy atom. The molecule has 0 unspecified atom stereocenters. The summed E-state index contributed by atoms with van der Waals surface area (Å²) in [5, 5.41) is 9.35. The van der Waals surface area contributed by atoms with Crippen molar-refractivity contribution in [1.29, 1.82) is 0 Å². The fraction of sp³-hybridized carbons (Fsp3) is 0.333. The van der Waals surface area contributed by atoms with Crippen LogP contribution in [0.1, 0.15) is 0 Å². The number of hydrogen-bond donors (Lipinski definition) is 0. The molecular formula is C12H13N3O. The van der Waals surface area contributed by atoms with Gasteiger partial charge in [0.2, 0.25) is 0 Å². The van der Waals surface area contributed by atoms with Crippen LogP contribution in [-0.2, 0) is 4.74 Å². The van der Waals surface area contributed by atoms with Crippen LogP contribution in [0, 0.1) is 0 Å². The van der Waals surface area contributed by atoms with Gasteiger partial charge in [-0.05, 0) is 6.07 Å². The Bertz CT molecular complexity index is 489. The molecule has 2 aromatic rings. The number of morpholine rings is 1. The summed E-state index contributed by atoms with van der Waals surface area (Å²) in [6.07, 6.45) is 1.84. The number of benzene rings is 1. The standard InChI is InChI=1S/C12H13N3O/c1-2-4-11-10(3-1)12(9-13-14-11)15-5-7-16-8-6-15/h1-4,9H,5-8H2. The Labute approximate surface area is 93.8 Å². The van der Waals surface area contributed by atoms with E-state index in [4.69, 9.17) is 4.74 Å². The maximum absolute atomic E-state index is 5.36. The van der Waals surface area contributed by atoms with Gasteiger partial charge in [0.05, 0.1) is 30.6 Å². The summed E-state index contributed by atoms with van der Waals surface area (Å²) in [5.41, 5.74) is 2.11. The van der Waals surface area contributed by atoms with E-state index in [-0.39, 0.29) is 0 Å². The molecule has 1 aliphatic heterocycles. The summed E-state index contributed by atoms with van der Waals surface area (Å²) in [7, 11) is 0. The van der Waals surface area contributed by atoms with Gasteiger partial charge >= 0.3 is 0 Å². The molecule has 2 heterocycles. The number of anilines is 1. The molecule has 0 bridgehead atoms. The number of nitrogens with zero attached hydrogens (tertiary/aromatic N) is 3. The first kappa shape index (κ1) is 9.54. The zero-order chi connectivity index (χ0) is 10.8. The van der Waals surface area contributed by atoms with Crippen molar-refractivity contribution < 1.29 is 4.74 Å². The second-order valence-corrected chi connectivity index (χ2v) is 3.85. The monoisotopic (exact) mass is 215 g/mol. The molecule has 1 fully saturated rings. The van der Waals surface area contributed by atoms with Gasteiger partial charge in [-0.25, -0.2) is 0 Å². The zero-order valence-corrected chi connectivity index (χ0v) is 8.97. The Morgan fingerprint density at radius 3 is 2.81 bits per heavy atom. The molecule has 1 aliphatic rings. The molecule has 0 aliphatic carbocycles. The van der Waals surface area contributed by atoms with Crippen LogP contribution in [0.4, 0.5) is 5.69 Å². The largest absolute Gasteiger partial charge is 0.378 e. The molecule has 0 spiro atoms. The quantitative estimate of drug-likeness (QED) is 0.722. The number of fused-ring (bicyclic) bond motifs is 1. The van der Waals surface area contributed by atoms with Crippen molar-refractivity contribution in [3.63, 3.8) is 0 Å². The van der Waals surface area contributed by atoms with Crippen LogP contribution in [0.25, 0.3) is 10.9 Å². The van der Waals surface area contributed by atoms with E-state index in [2.05, 4.69) is 21.2 Å². The fourth-order valence-electron chi connectivity index (χ4n) is 2.05. The number of aromatic nitrogens is 2. The molecule has 1 saturated heterocycles. The molecule has 1 aromatic heterocycles. The van der Waals surface area contributed by atoms with Crippen LogP contribution in [-0.4, -0.2) is 36.5 Å². The van der Waals surface area contributed by atoms with Crippen molar-refractivity contribution in [2.45, 2.75) is 0 Å². The van der Waals surface area contributed by atoms with E-state index in [1.807, 2.05) is 24.4 Å². The Balaban J connectivity index is 2.08. The van der Waals surface area contributed by atoms with Crippen molar-refractivity contribution in [2.24, 2.45) is 0 Å². The minimum atomic E-state index is 0.788. The van der Waals surface area contributed by atoms with Gasteiger partial charge < -0.3 is 9.64 Å². The highest BCUT2D eigenvalue weighted by Crippen LogP contribution is 2.24. The third-order valence-corrected chi connectivity index (χ3v) is 2.88. The molecule has 16 heavy (non-hydrogen) atoms. The molecule has 82 valence electrons. The van der Waals surface area contributed by atoms with Gasteiger partial charge in [0.15, 0.2) is 0 Å². The smallest absolute Gasteiger partial charge is 0.0950 e. The third kappa shape index (κ3) is 1.61. The lowest BCUT2D eigenvalue weighted by molar-refractivity contribution is 0.123. The summed E-state index contributed by atoms with van der Waals surface area (Å²) < 4.78 is 5.36. The molecule has 0 atom stereocenters. The Kier molecular flexibility index (Phi) is 2.42. The highest BCUT2D eigenvalue weighted by molar-refractivity contribution is 5.90. The Morgan fingerprint density at radius 1 is 1.12 bits per heavy atom. The molecular weight excluding hydrogens is 202 g/mol. The number of hydrogen-bond acceptors (Lipinski definition) is 4. The highest BCUT2D eigenvalue weighted by atomic mass is 16.5. The van der Waals surface area contributed by atoms with Crippen molar-refractivity contribution >= 4 is 16.6 Å². The topological polar surface area (TPSA) is 38.2 Å². The molecule has 3 rings (SSSR count). The van der Waals surface area contributed by atoms with E-state index >= 15 is 0 Å². The fourth-order valence-corrected chi connectivity index (χ4v) is 2.05. The van der Waals surface area contributed by atoms with E-state index in [1.165, 1.54) is 5.39 Å². The lowest BCUT2D eigenvalue weighted by Gasteiger charge is -2.29. The minimum absolute atomic E-state index is 0.788. The van der Waals surface area contributed by atoms with Crippen LogP contribution in [0.2, 0.25) is 0 Å². The summed E-state index contributed by atoms with van der Waals surface area (Å²) in [6.45, 7) is 3.43. The van der Waals surface area contributed by atoms with Gasteiger partial charge in [0.1, 0.15) is 0 Å². The van der Waals surface area contributed by atoms with Crippen molar-refractivity contribution in [3.05, 3.63) is 30.5 Å². The molecule has 4 nitrogen and oxygen atoms in total. The molecule has 1 aromatic carbocycles. The molecule has 4 heteroatoms. The minimum Gasteiger partial charge on any atom is -0.378 e. The second-order valence-electron chi connectivity index (χ2n) is 3.85. The highest BCUT2D eigenvalue weighted by Gasteiger charge is 2.14. The lowest BCUT2D eigenvalue weighted by atomic mass is 10.2. The first-order valence-electron chi connectivity index (χ1n) is 5.48. The second kappa shape index (κ2) is 4.06. The maximum Gasteiger partial charge on any atom is 0.0950 e. The van der Waals surface area contributed by atoms with Crippen LogP contribution < -0.4 is 4.90 Å². The Hall–Kier alpha value is -1.68. The molecule has 0 amide bonds. The van der Waals surface area contributed by atoms with Crippen molar-refractivity contribution in [1.82, 2.24) is 10.2 Å². The summed E-state index contributed by atoms with van der Waals surface area (Å²) in [5.74, 6) is 0. The van der Waals surface area contributed by atoms with Crippen molar-refractivity contribution in [3.8, 4) is 0 Å². The van der Waals surface area contributed by atoms with Gasteiger partial charge in [-0.15, -0.1) is 0 Å². The molecule has 0 N–H and O–H groups in total. The van der Waals surface area contributed by atoms with E-state index in [0.717, 1.165) is 37.5 Å². The first-order chi connectivity index (χ1) is 7.95. The summed E-state index contributed by atoms with van der Waals surface area (Å²) in [6, 6.07) is 8.11. The maximum atomic E-state index is 5.36. The number of ether oxygens (including phenoxy) is 1. The van der Waals surface area contributed by atoms with Crippen molar-refractivity contribution in [2.75, 3.05) is 31.2 Å². The van der Waals surface area contributed by atoms with Gasteiger partial charge in [0.25, 0.3) is 0 Å². The third-order valence-electron chi connectivity index (χ3n) is 2.88. The first-order valence-corrected chi connectivity index (χ1v) is 5.48. The lowest BCUT2D eigenvalue weighted by Crippen LogP contribution is -2.36. The van der Waals surface area contributed by atoms with Gasteiger partial charge in [-0.3, -0.25) is 0 Å². The zero-order valence-electron chi connectivity index (χ0n) is 8.97. The van der Waals surface area contributed by atoms with Crippen LogP contribution in [0.5, 0.6) is 0 Å². The predicted octanol–water partition coefficient (Wildman–Crippen LogP) is 1.47. The van der Waals surface area contributed by atoms with Crippen LogP contribution in [0.15, 0.2) is 30.5 Å². The normalized spacial score (nSPS) is 16.6. The van der Waals surface area contributed by atoms with E-state index in [0.29, 0.717) is 0 Å². The van der Waals surface area contributed by atoms with E-state index in [1.54, 1.807) is 0 Å². The molecule has 0 radical (unpaired) electrons. The van der Waals surface area contributed by atoms with E-state index in [9.17, 15) is 0 Å². The van der Waals surface area contributed by atoms with E-state index < -0.39 is 0 Å². The van der Waals surface area contributed by atoms with Gasteiger partial charge in [-0.1, -0.05) is 18.2 Å². The average Bonchev–Trinajstić information content (AvgIpc) is 2.39. The summed E-state index contributed by atoms with van der Waals surface area (Å²) in [4.78, 5) is 2.31. The van der Waals surface area contributed by atoms with Crippen LogP contribution >= 0.6 is 0 Å². The van der Waals surface area contributed by atoms with Gasteiger partial charge in [-0.2, -0.15) is 10.2 Å². The predicted molar refractivity (Wildman–Crippen MR) is 62.6 cm³/mol. The summed E-state index contributed by atoms with van der Waals surface area (Å²) >= 11 is 0. The number of rotatable bonds is 1. The SMILES string of the molecule is c1ccc2c(N3CCOCC3)cnnc2c1. The van der Waals surface area contributed by atoms with Gasteiger partial charge in [0, 0.05) is 18.5 Å².